The molecule has 0 fully saturated rings. The van der Waals surface area contributed by atoms with Crippen LogP contribution in [-0.2, 0) is 16.1 Å². The fourth-order valence-corrected chi connectivity index (χ4v) is 2.00. The van der Waals surface area contributed by atoms with Crippen molar-refractivity contribution in [2.75, 3.05) is 20.5 Å². The first-order valence-electron chi connectivity index (χ1n) is 6.28. The first kappa shape index (κ1) is 13.7. The molecule has 0 atom stereocenters. The monoisotopic (exact) mass is 265 g/mol. The quantitative estimate of drug-likeness (QED) is 0.814. The molecular weight excluding hydrogens is 246 g/mol. The van der Waals surface area contributed by atoms with Gasteiger partial charge in [-0.1, -0.05) is 6.07 Å². The van der Waals surface area contributed by atoms with Gasteiger partial charge in [-0.15, -0.1) is 0 Å². The van der Waals surface area contributed by atoms with E-state index >= 15 is 0 Å². The van der Waals surface area contributed by atoms with Crippen LogP contribution in [0.5, 0.6) is 11.5 Å². The summed E-state index contributed by atoms with van der Waals surface area (Å²) in [5.41, 5.74) is 1.02. The van der Waals surface area contributed by atoms with E-state index in [1.54, 1.807) is 4.90 Å². The molecule has 0 spiro atoms. The molecule has 1 aromatic carbocycles. The van der Waals surface area contributed by atoms with Crippen LogP contribution in [-0.4, -0.2) is 37.4 Å². The highest BCUT2D eigenvalue weighted by atomic mass is 16.7. The van der Waals surface area contributed by atoms with E-state index in [4.69, 9.17) is 14.2 Å². The first-order chi connectivity index (χ1) is 9.11. The predicted molar refractivity (Wildman–Crippen MR) is 70.1 cm³/mol. The second-order valence-electron chi connectivity index (χ2n) is 4.74. The van der Waals surface area contributed by atoms with Gasteiger partial charge in [-0.05, 0) is 31.5 Å². The molecule has 5 nitrogen and oxygen atoms in total. The van der Waals surface area contributed by atoms with Crippen molar-refractivity contribution in [3.05, 3.63) is 23.8 Å². The molecule has 0 aromatic heterocycles. The Labute approximate surface area is 113 Å². The van der Waals surface area contributed by atoms with Gasteiger partial charge in [0.1, 0.15) is 6.61 Å². The summed E-state index contributed by atoms with van der Waals surface area (Å²) in [6.07, 6.45) is 0. The fourth-order valence-electron chi connectivity index (χ4n) is 2.00. The second-order valence-corrected chi connectivity index (χ2v) is 4.74. The zero-order chi connectivity index (χ0) is 13.8. The summed E-state index contributed by atoms with van der Waals surface area (Å²) in [6.45, 7) is 4.87. The molecule has 0 radical (unpaired) electrons. The number of ether oxygens (including phenoxy) is 3. The zero-order valence-corrected chi connectivity index (χ0v) is 11.5. The van der Waals surface area contributed by atoms with Crippen LogP contribution in [0.25, 0.3) is 0 Å². The largest absolute Gasteiger partial charge is 0.454 e. The zero-order valence-electron chi connectivity index (χ0n) is 11.5. The number of carbonyl (C=O) groups is 1. The lowest BCUT2D eigenvalue weighted by molar-refractivity contribution is -0.137. The number of methoxy groups -OCH3 is 1. The number of rotatable bonds is 5. The number of benzene rings is 1. The number of hydrogen-bond donors (Lipinski definition) is 0. The molecule has 1 amide bonds. The van der Waals surface area contributed by atoms with Crippen molar-refractivity contribution in [3.8, 4) is 11.5 Å². The van der Waals surface area contributed by atoms with Crippen molar-refractivity contribution < 1.29 is 19.0 Å². The average Bonchev–Trinajstić information content (AvgIpc) is 2.83. The molecule has 0 saturated carbocycles. The van der Waals surface area contributed by atoms with Crippen molar-refractivity contribution in [1.29, 1.82) is 0 Å². The maximum absolute atomic E-state index is 12.0. The van der Waals surface area contributed by atoms with Crippen molar-refractivity contribution in [2.24, 2.45) is 0 Å². The SMILES string of the molecule is COCC(=O)N(Cc1ccc2c(c1)OCO2)C(C)C. The van der Waals surface area contributed by atoms with Crippen LogP contribution in [0.1, 0.15) is 19.4 Å². The maximum atomic E-state index is 12.0. The summed E-state index contributed by atoms with van der Waals surface area (Å²) < 4.78 is 15.5. The lowest BCUT2D eigenvalue weighted by Crippen LogP contribution is -2.38. The number of fused-ring (bicyclic) bond motifs is 1. The molecular formula is C14H19NO4. The van der Waals surface area contributed by atoms with Crippen LogP contribution >= 0.6 is 0 Å². The van der Waals surface area contributed by atoms with Crippen molar-refractivity contribution in [1.82, 2.24) is 4.90 Å². The topological polar surface area (TPSA) is 48.0 Å². The normalized spacial score (nSPS) is 12.8. The lowest BCUT2D eigenvalue weighted by Gasteiger charge is -2.26. The highest BCUT2D eigenvalue weighted by Gasteiger charge is 2.19. The van der Waals surface area contributed by atoms with Crippen molar-refractivity contribution >= 4 is 5.91 Å². The number of carbonyl (C=O) groups excluding carboxylic acids is 1. The summed E-state index contributed by atoms with van der Waals surface area (Å²) in [6, 6.07) is 5.85. The maximum Gasteiger partial charge on any atom is 0.249 e. The van der Waals surface area contributed by atoms with Crippen molar-refractivity contribution in [2.45, 2.75) is 26.4 Å². The van der Waals surface area contributed by atoms with Gasteiger partial charge >= 0.3 is 0 Å². The van der Waals surface area contributed by atoms with E-state index in [1.165, 1.54) is 7.11 Å². The Bertz CT molecular complexity index is 459. The Balaban J connectivity index is 2.11. The minimum Gasteiger partial charge on any atom is -0.454 e. The Morgan fingerprint density at radius 1 is 1.37 bits per heavy atom. The molecule has 1 heterocycles. The summed E-state index contributed by atoms with van der Waals surface area (Å²) in [5.74, 6) is 1.47. The standard InChI is InChI=1S/C14H19NO4/c1-10(2)15(14(16)8-17-3)7-11-4-5-12-13(6-11)19-9-18-12/h4-6,10H,7-9H2,1-3H3. The first-order valence-corrected chi connectivity index (χ1v) is 6.28. The lowest BCUT2D eigenvalue weighted by atomic mass is 10.1. The minimum absolute atomic E-state index is 0.0184. The van der Waals surface area contributed by atoms with Gasteiger partial charge < -0.3 is 19.1 Å². The van der Waals surface area contributed by atoms with Crippen LogP contribution in [0.15, 0.2) is 18.2 Å². The summed E-state index contributed by atoms with van der Waals surface area (Å²) >= 11 is 0. The Hall–Kier alpha value is -1.75. The van der Waals surface area contributed by atoms with Gasteiger partial charge in [-0.3, -0.25) is 4.79 Å². The molecule has 2 rings (SSSR count). The van der Waals surface area contributed by atoms with E-state index in [2.05, 4.69) is 0 Å². The van der Waals surface area contributed by atoms with E-state index in [1.807, 2.05) is 32.0 Å². The van der Waals surface area contributed by atoms with Gasteiger partial charge in [0.25, 0.3) is 0 Å². The highest BCUT2D eigenvalue weighted by Crippen LogP contribution is 2.32. The molecule has 0 saturated heterocycles. The molecule has 1 aliphatic heterocycles. The number of hydrogen-bond acceptors (Lipinski definition) is 4. The molecule has 1 aliphatic rings. The molecule has 104 valence electrons. The predicted octanol–water partition coefficient (Wildman–Crippen LogP) is 1.80. The van der Waals surface area contributed by atoms with Gasteiger partial charge in [0, 0.05) is 19.7 Å². The van der Waals surface area contributed by atoms with E-state index in [-0.39, 0.29) is 25.3 Å². The Morgan fingerprint density at radius 2 is 2.11 bits per heavy atom. The molecule has 1 aromatic rings. The smallest absolute Gasteiger partial charge is 0.249 e. The van der Waals surface area contributed by atoms with Gasteiger partial charge in [0.2, 0.25) is 12.7 Å². The molecule has 0 aliphatic carbocycles. The Morgan fingerprint density at radius 3 is 2.79 bits per heavy atom. The molecule has 5 heteroatoms. The Kier molecular flexibility index (Phi) is 4.27. The second kappa shape index (κ2) is 5.93. The van der Waals surface area contributed by atoms with Gasteiger partial charge in [-0.2, -0.15) is 0 Å². The molecule has 0 bridgehead atoms. The van der Waals surface area contributed by atoms with Crippen LogP contribution in [0.4, 0.5) is 0 Å². The third kappa shape index (κ3) is 3.17. The number of nitrogens with zero attached hydrogens (tertiary/aromatic N) is 1. The van der Waals surface area contributed by atoms with Gasteiger partial charge in [0.15, 0.2) is 11.5 Å². The summed E-state index contributed by atoms with van der Waals surface area (Å²) in [4.78, 5) is 13.7. The van der Waals surface area contributed by atoms with E-state index in [0.717, 1.165) is 17.1 Å². The van der Waals surface area contributed by atoms with E-state index in [9.17, 15) is 4.79 Å². The number of amides is 1. The van der Waals surface area contributed by atoms with Crippen LogP contribution < -0.4 is 9.47 Å². The fraction of sp³-hybridized carbons (Fsp3) is 0.500. The summed E-state index contributed by atoms with van der Waals surface area (Å²) in [5, 5.41) is 0. The van der Waals surface area contributed by atoms with Gasteiger partial charge in [0.05, 0.1) is 0 Å². The average molecular weight is 265 g/mol. The summed E-state index contributed by atoms with van der Waals surface area (Å²) in [7, 11) is 1.52. The van der Waals surface area contributed by atoms with Gasteiger partial charge in [-0.25, -0.2) is 0 Å². The van der Waals surface area contributed by atoms with Crippen molar-refractivity contribution in [3.63, 3.8) is 0 Å². The third-order valence-corrected chi connectivity index (χ3v) is 3.00. The van der Waals surface area contributed by atoms with Crippen LogP contribution in [0.3, 0.4) is 0 Å². The molecule has 0 unspecified atom stereocenters. The molecule has 0 N–H and O–H groups in total. The highest BCUT2D eigenvalue weighted by molar-refractivity contribution is 5.77. The molecule has 19 heavy (non-hydrogen) atoms. The van der Waals surface area contributed by atoms with E-state index < -0.39 is 0 Å². The van der Waals surface area contributed by atoms with E-state index in [0.29, 0.717) is 6.54 Å². The van der Waals surface area contributed by atoms with Crippen LogP contribution in [0, 0.1) is 0 Å². The van der Waals surface area contributed by atoms with Crippen LogP contribution in [0.2, 0.25) is 0 Å². The third-order valence-electron chi connectivity index (χ3n) is 3.00. The minimum atomic E-state index is -0.0184.